The molecule has 3 aromatic rings. The van der Waals surface area contributed by atoms with Crippen molar-refractivity contribution in [1.82, 2.24) is 20.5 Å². The summed E-state index contributed by atoms with van der Waals surface area (Å²) in [6.45, 7) is 3.11. The lowest BCUT2D eigenvalue weighted by Crippen LogP contribution is -2.64. The van der Waals surface area contributed by atoms with Gasteiger partial charge in [-0.15, -0.1) is 5.10 Å². The lowest BCUT2D eigenvalue weighted by atomic mass is 9.73. The molecular formula is C22H22FN5O. The first kappa shape index (κ1) is 19.0. The number of rotatable bonds is 6. The van der Waals surface area contributed by atoms with Crippen molar-refractivity contribution in [2.75, 3.05) is 18.0 Å². The maximum absolute atomic E-state index is 14.3. The van der Waals surface area contributed by atoms with E-state index in [4.69, 9.17) is 0 Å². The number of carbonyl (C=O) groups excluding carboxylic acids is 1. The van der Waals surface area contributed by atoms with Gasteiger partial charge in [0.15, 0.2) is 5.82 Å². The van der Waals surface area contributed by atoms with Gasteiger partial charge >= 0.3 is 0 Å². The molecule has 3 heterocycles. The van der Waals surface area contributed by atoms with Crippen LogP contribution in [0.25, 0.3) is 0 Å². The Bertz CT molecular complexity index is 988. The van der Waals surface area contributed by atoms with E-state index in [0.29, 0.717) is 31.6 Å². The first-order valence-electron chi connectivity index (χ1n) is 9.53. The third-order valence-corrected chi connectivity index (χ3v) is 5.22. The minimum absolute atomic E-state index is 0.109. The van der Waals surface area contributed by atoms with Gasteiger partial charge in [-0.3, -0.25) is 9.78 Å². The van der Waals surface area contributed by atoms with Crippen molar-refractivity contribution in [2.24, 2.45) is 5.41 Å². The number of anilines is 1. The first-order valence-corrected chi connectivity index (χ1v) is 9.53. The molecular weight excluding hydrogens is 369 g/mol. The van der Waals surface area contributed by atoms with E-state index in [9.17, 15) is 9.18 Å². The van der Waals surface area contributed by atoms with Crippen molar-refractivity contribution < 1.29 is 9.18 Å². The summed E-state index contributed by atoms with van der Waals surface area (Å²) in [5, 5.41) is 11.3. The van der Waals surface area contributed by atoms with E-state index in [2.05, 4.69) is 20.5 Å². The van der Waals surface area contributed by atoms with Gasteiger partial charge in [-0.25, -0.2) is 4.39 Å². The van der Waals surface area contributed by atoms with Crippen LogP contribution in [0.4, 0.5) is 10.2 Å². The molecule has 0 radical (unpaired) electrons. The average Bonchev–Trinajstić information content (AvgIpc) is 2.71. The van der Waals surface area contributed by atoms with Crippen LogP contribution in [0.1, 0.15) is 17.0 Å². The smallest absolute Gasteiger partial charge is 0.230 e. The van der Waals surface area contributed by atoms with Crippen molar-refractivity contribution in [3.8, 4) is 0 Å². The Morgan fingerprint density at radius 3 is 2.59 bits per heavy atom. The normalized spacial score (nSPS) is 14.9. The molecule has 29 heavy (non-hydrogen) atoms. The fourth-order valence-electron chi connectivity index (χ4n) is 3.61. The summed E-state index contributed by atoms with van der Waals surface area (Å²) in [5.41, 5.74) is 1.42. The first-order chi connectivity index (χ1) is 14.1. The van der Waals surface area contributed by atoms with Gasteiger partial charge in [0.05, 0.1) is 23.3 Å². The molecule has 4 rings (SSSR count). The van der Waals surface area contributed by atoms with Crippen LogP contribution in [0.2, 0.25) is 0 Å². The number of aromatic nitrogens is 3. The number of hydrogen-bond donors (Lipinski definition) is 1. The van der Waals surface area contributed by atoms with Crippen LogP contribution in [0.3, 0.4) is 0 Å². The van der Waals surface area contributed by atoms with Crippen molar-refractivity contribution in [3.63, 3.8) is 0 Å². The minimum Gasteiger partial charge on any atom is -0.353 e. The van der Waals surface area contributed by atoms with Gasteiger partial charge in [0, 0.05) is 19.3 Å². The molecule has 1 aromatic carbocycles. The van der Waals surface area contributed by atoms with Gasteiger partial charge in [0.1, 0.15) is 5.82 Å². The number of aryl methyl sites for hydroxylation is 1. The average molecular weight is 391 g/mol. The lowest BCUT2D eigenvalue weighted by molar-refractivity contribution is -0.132. The molecule has 0 aliphatic carbocycles. The molecule has 0 saturated carbocycles. The van der Waals surface area contributed by atoms with Gasteiger partial charge in [-0.1, -0.05) is 24.3 Å². The van der Waals surface area contributed by atoms with Crippen molar-refractivity contribution in [1.29, 1.82) is 0 Å². The molecule has 148 valence electrons. The summed E-state index contributed by atoms with van der Waals surface area (Å²) in [4.78, 5) is 19.4. The Morgan fingerprint density at radius 2 is 1.90 bits per heavy atom. The molecule has 7 heteroatoms. The number of nitrogens with one attached hydrogen (secondary N) is 1. The quantitative estimate of drug-likeness (QED) is 0.700. The zero-order chi connectivity index (χ0) is 20.3. The van der Waals surface area contributed by atoms with E-state index in [1.54, 1.807) is 24.4 Å². The van der Waals surface area contributed by atoms with E-state index < -0.39 is 5.41 Å². The monoisotopic (exact) mass is 391 g/mol. The van der Waals surface area contributed by atoms with Crippen LogP contribution in [-0.2, 0) is 17.8 Å². The number of nitrogens with zero attached hydrogens (tertiary/aromatic N) is 4. The summed E-state index contributed by atoms with van der Waals surface area (Å²) in [5.74, 6) is 0.318. The minimum atomic E-state index is -0.733. The highest BCUT2D eigenvalue weighted by Gasteiger charge is 2.50. The molecule has 0 atom stereocenters. The highest BCUT2D eigenvalue weighted by molar-refractivity contribution is 5.86. The van der Waals surface area contributed by atoms with E-state index in [1.165, 1.54) is 6.07 Å². The lowest BCUT2D eigenvalue weighted by Gasteiger charge is -2.49. The van der Waals surface area contributed by atoms with Crippen LogP contribution >= 0.6 is 0 Å². The van der Waals surface area contributed by atoms with E-state index in [0.717, 1.165) is 17.2 Å². The van der Waals surface area contributed by atoms with Crippen LogP contribution in [0.5, 0.6) is 0 Å². The standard InChI is InChI=1S/C22H22FN5O/c1-16-9-10-20(27-26-16)28-14-22(15-28,12-17-6-2-3-8-19(17)23)21(29)25-13-18-7-4-5-11-24-18/h2-11H,12-15H2,1H3,(H,25,29). The Hall–Kier alpha value is -3.35. The van der Waals surface area contributed by atoms with Crippen molar-refractivity contribution in [3.05, 3.63) is 83.6 Å². The zero-order valence-corrected chi connectivity index (χ0v) is 16.2. The molecule has 1 aliphatic rings. The molecule has 1 aliphatic heterocycles. The second-order valence-electron chi connectivity index (χ2n) is 7.44. The van der Waals surface area contributed by atoms with E-state index in [-0.39, 0.29) is 11.7 Å². The third-order valence-electron chi connectivity index (χ3n) is 5.22. The fraction of sp³-hybridized carbons (Fsp3) is 0.273. The molecule has 1 N–H and O–H groups in total. The SMILES string of the molecule is Cc1ccc(N2CC(Cc3ccccc3F)(C(=O)NCc3ccccn3)C2)nn1. The number of carbonyl (C=O) groups is 1. The predicted molar refractivity (Wildman–Crippen MR) is 108 cm³/mol. The Balaban J connectivity index is 1.52. The molecule has 0 bridgehead atoms. The largest absolute Gasteiger partial charge is 0.353 e. The maximum atomic E-state index is 14.3. The Kier molecular flexibility index (Phi) is 5.20. The van der Waals surface area contributed by atoms with Crippen molar-refractivity contribution in [2.45, 2.75) is 19.9 Å². The van der Waals surface area contributed by atoms with Gasteiger partial charge < -0.3 is 10.2 Å². The van der Waals surface area contributed by atoms with Crippen LogP contribution in [0.15, 0.2) is 60.8 Å². The van der Waals surface area contributed by atoms with Gasteiger partial charge in [-0.05, 0) is 49.2 Å². The Morgan fingerprint density at radius 1 is 1.10 bits per heavy atom. The Labute approximate surface area is 168 Å². The fourth-order valence-corrected chi connectivity index (χ4v) is 3.61. The second-order valence-corrected chi connectivity index (χ2v) is 7.44. The number of hydrogen-bond acceptors (Lipinski definition) is 5. The molecule has 0 unspecified atom stereocenters. The summed E-state index contributed by atoms with van der Waals surface area (Å²) >= 11 is 0. The number of pyridine rings is 1. The van der Waals surface area contributed by atoms with E-state index in [1.807, 2.05) is 42.2 Å². The number of benzene rings is 1. The number of amides is 1. The topological polar surface area (TPSA) is 71.0 Å². The third kappa shape index (κ3) is 4.08. The van der Waals surface area contributed by atoms with Gasteiger partial charge in [0.2, 0.25) is 5.91 Å². The second kappa shape index (κ2) is 7.95. The maximum Gasteiger partial charge on any atom is 0.230 e. The van der Waals surface area contributed by atoms with Crippen LogP contribution < -0.4 is 10.2 Å². The van der Waals surface area contributed by atoms with Crippen LogP contribution in [0, 0.1) is 18.2 Å². The molecule has 1 saturated heterocycles. The molecule has 1 fully saturated rings. The molecule has 0 spiro atoms. The van der Waals surface area contributed by atoms with Crippen LogP contribution in [-0.4, -0.2) is 34.2 Å². The summed E-state index contributed by atoms with van der Waals surface area (Å²) in [6.07, 6.45) is 2.02. The van der Waals surface area contributed by atoms with Gasteiger partial charge in [0.25, 0.3) is 0 Å². The van der Waals surface area contributed by atoms with Crippen molar-refractivity contribution >= 4 is 11.7 Å². The summed E-state index contributed by atoms with van der Waals surface area (Å²) in [6, 6.07) is 16.0. The van der Waals surface area contributed by atoms with E-state index >= 15 is 0 Å². The highest BCUT2D eigenvalue weighted by Crippen LogP contribution is 2.37. The molecule has 1 amide bonds. The zero-order valence-electron chi connectivity index (χ0n) is 16.2. The predicted octanol–water partition coefficient (Wildman–Crippen LogP) is 2.68. The summed E-state index contributed by atoms with van der Waals surface area (Å²) < 4.78 is 14.3. The summed E-state index contributed by atoms with van der Waals surface area (Å²) in [7, 11) is 0. The molecule has 2 aromatic heterocycles. The van der Waals surface area contributed by atoms with Gasteiger partial charge in [-0.2, -0.15) is 5.10 Å². The number of halogens is 1. The highest BCUT2D eigenvalue weighted by atomic mass is 19.1. The molecule has 6 nitrogen and oxygen atoms in total.